The molecule has 0 saturated heterocycles. The molecular weight excluding hydrogens is 324 g/mol. The molecule has 7 nitrogen and oxygen atoms in total. The van der Waals surface area contributed by atoms with Gasteiger partial charge in [-0.15, -0.1) is 6.58 Å². The maximum absolute atomic E-state index is 12.3. The molecule has 2 aromatic rings. The standard InChI is InChI=1S/C18H22N2O5/c1-6-8-11-9-12-14(19-10-11)13(16(21)23-7-2)15(24-12)20-17(22)25-18(3,4)5/h6,9-10H,1,7-8H2,2-5H3,(H,20,22). The average molecular weight is 346 g/mol. The lowest BCUT2D eigenvalue weighted by Crippen LogP contribution is -2.27. The number of ether oxygens (including phenoxy) is 2. The Hall–Kier alpha value is -2.83. The predicted octanol–water partition coefficient (Wildman–Crippen LogP) is 4.08. The Labute approximate surface area is 146 Å². The number of rotatable bonds is 5. The smallest absolute Gasteiger partial charge is 0.414 e. The van der Waals surface area contributed by atoms with E-state index in [-0.39, 0.29) is 18.1 Å². The molecule has 0 aliphatic carbocycles. The largest absolute Gasteiger partial charge is 0.462 e. The second-order valence-corrected chi connectivity index (χ2v) is 6.34. The van der Waals surface area contributed by atoms with Gasteiger partial charge in [0.1, 0.15) is 16.7 Å². The van der Waals surface area contributed by atoms with Crippen LogP contribution in [0.2, 0.25) is 0 Å². The van der Waals surface area contributed by atoms with Crippen molar-refractivity contribution in [1.29, 1.82) is 0 Å². The Morgan fingerprint density at radius 1 is 1.40 bits per heavy atom. The van der Waals surface area contributed by atoms with E-state index in [2.05, 4.69) is 16.9 Å². The van der Waals surface area contributed by atoms with Crippen LogP contribution in [-0.2, 0) is 15.9 Å². The van der Waals surface area contributed by atoms with Crippen molar-refractivity contribution in [2.24, 2.45) is 0 Å². The van der Waals surface area contributed by atoms with Gasteiger partial charge < -0.3 is 13.9 Å². The van der Waals surface area contributed by atoms with Crippen LogP contribution in [0.15, 0.2) is 29.3 Å². The number of anilines is 1. The number of hydrogen-bond acceptors (Lipinski definition) is 6. The number of nitrogens with one attached hydrogen (secondary N) is 1. The van der Waals surface area contributed by atoms with Crippen LogP contribution < -0.4 is 5.32 Å². The van der Waals surface area contributed by atoms with Crippen LogP contribution in [0.4, 0.5) is 10.7 Å². The number of hydrogen-bond donors (Lipinski definition) is 1. The van der Waals surface area contributed by atoms with Gasteiger partial charge >= 0.3 is 12.1 Å². The van der Waals surface area contributed by atoms with E-state index >= 15 is 0 Å². The summed E-state index contributed by atoms with van der Waals surface area (Å²) in [7, 11) is 0. The number of esters is 1. The molecule has 2 rings (SSSR count). The fourth-order valence-electron chi connectivity index (χ4n) is 2.17. The van der Waals surface area contributed by atoms with Gasteiger partial charge in [0.2, 0.25) is 5.88 Å². The lowest BCUT2D eigenvalue weighted by molar-refractivity contribution is 0.0529. The summed E-state index contributed by atoms with van der Waals surface area (Å²) in [6, 6.07) is 1.74. The minimum absolute atomic E-state index is 0.0500. The zero-order chi connectivity index (χ0) is 18.6. The number of aromatic nitrogens is 1. The van der Waals surface area contributed by atoms with Crippen molar-refractivity contribution >= 4 is 29.0 Å². The topological polar surface area (TPSA) is 90.7 Å². The highest BCUT2D eigenvalue weighted by molar-refractivity contribution is 6.08. The third-order valence-electron chi connectivity index (χ3n) is 3.06. The third kappa shape index (κ3) is 4.59. The second-order valence-electron chi connectivity index (χ2n) is 6.34. The highest BCUT2D eigenvalue weighted by Gasteiger charge is 2.26. The first-order chi connectivity index (χ1) is 11.7. The second kappa shape index (κ2) is 7.38. The van der Waals surface area contributed by atoms with Crippen LogP contribution in [0.25, 0.3) is 11.1 Å². The number of nitrogens with zero attached hydrogens (tertiary/aromatic N) is 1. The first kappa shape index (κ1) is 18.5. The van der Waals surface area contributed by atoms with E-state index < -0.39 is 17.7 Å². The summed E-state index contributed by atoms with van der Waals surface area (Å²) < 4.78 is 15.9. The summed E-state index contributed by atoms with van der Waals surface area (Å²) in [6.07, 6.45) is 3.23. The monoisotopic (exact) mass is 346 g/mol. The molecule has 0 radical (unpaired) electrons. The van der Waals surface area contributed by atoms with E-state index in [1.807, 2.05) is 0 Å². The molecule has 0 aromatic carbocycles. The highest BCUT2D eigenvalue weighted by Crippen LogP contribution is 2.30. The highest BCUT2D eigenvalue weighted by atomic mass is 16.6. The first-order valence-corrected chi connectivity index (χ1v) is 7.94. The first-order valence-electron chi connectivity index (χ1n) is 7.94. The van der Waals surface area contributed by atoms with Gasteiger partial charge in [-0.3, -0.25) is 10.3 Å². The van der Waals surface area contributed by atoms with Gasteiger partial charge in [-0.25, -0.2) is 9.59 Å². The predicted molar refractivity (Wildman–Crippen MR) is 93.7 cm³/mol. The van der Waals surface area contributed by atoms with E-state index in [0.717, 1.165) is 5.56 Å². The Morgan fingerprint density at radius 3 is 2.72 bits per heavy atom. The lowest BCUT2D eigenvalue weighted by atomic mass is 10.2. The summed E-state index contributed by atoms with van der Waals surface area (Å²) in [5, 5.41) is 2.46. The Kier molecular flexibility index (Phi) is 5.46. The van der Waals surface area contributed by atoms with Crippen molar-refractivity contribution in [1.82, 2.24) is 4.98 Å². The molecule has 0 aliphatic rings. The number of amides is 1. The van der Waals surface area contributed by atoms with Crippen molar-refractivity contribution in [3.05, 3.63) is 36.0 Å². The van der Waals surface area contributed by atoms with Crippen LogP contribution in [0.3, 0.4) is 0 Å². The Morgan fingerprint density at radius 2 is 2.12 bits per heavy atom. The number of furan rings is 1. The van der Waals surface area contributed by atoms with E-state index in [1.165, 1.54) is 0 Å². The summed E-state index contributed by atoms with van der Waals surface area (Å²) in [5.74, 6) is -0.678. The molecular formula is C18H22N2O5. The molecule has 0 bridgehead atoms. The van der Waals surface area contributed by atoms with E-state index in [1.54, 1.807) is 46.0 Å². The number of fused-ring (bicyclic) bond motifs is 1. The fourth-order valence-corrected chi connectivity index (χ4v) is 2.17. The Bertz CT molecular complexity index is 802. The molecule has 1 amide bonds. The van der Waals surface area contributed by atoms with Crippen molar-refractivity contribution in [3.63, 3.8) is 0 Å². The van der Waals surface area contributed by atoms with Crippen molar-refractivity contribution in [3.8, 4) is 0 Å². The Balaban J connectivity index is 2.45. The van der Waals surface area contributed by atoms with Gasteiger partial charge in [-0.2, -0.15) is 0 Å². The molecule has 0 fully saturated rings. The van der Waals surface area contributed by atoms with Gasteiger partial charge in [0.05, 0.1) is 6.61 Å². The summed E-state index contributed by atoms with van der Waals surface area (Å²) in [6.45, 7) is 10.8. The van der Waals surface area contributed by atoms with Crippen molar-refractivity contribution < 1.29 is 23.5 Å². The van der Waals surface area contributed by atoms with Gasteiger partial charge in [0.25, 0.3) is 0 Å². The molecule has 0 spiro atoms. The molecule has 2 aromatic heterocycles. The van der Waals surface area contributed by atoms with Gasteiger partial charge in [0.15, 0.2) is 5.58 Å². The summed E-state index contributed by atoms with van der Waals surface area (Å²) in [4.78, 5) is 28.6. The fraction of sp³-hybridized carbons (Fsp3) is 0.389. The van der Waals surface area contributed by atoms with E-state index in [9.17, 15) is 9.59 Å². The molecule has 0 saturated carbocycles. The lowest BCUT2D eigenvalue weighted by Gasteiger charge is -2.19. The number of carbonyl (C=O) groups is 2. The quantitative estimate of drug-likeness (QED) is 0.648. The van der Waals surface area contributed by atoms with Crippen molar-refractivity contribution in [2.45, 2.75) is 39.7 Å². The van der Waals surface area contributed by atoms with Gasteiger partial charge in [-0.1, -0.05) is 6.08 Å². The molecule has 0 atom stereocenters. The maximum Gasteiger partial charge on any atom is 0.414 e. The minimum Gasteiger partial charge on any atom is -0.462 e. The third-order valence-corrected chi connectivity index (χ3v) is 3.06. The number of pyridine rings is 1. The van der Waals surface area contributed by atoms with E-state index in [4.69, 9.17) is 13.9 Å². The molecule has 0 aliphatic heterocycles. The van der Waals surface area contributed by atoms with Crippen LogP contribution in [0, 0.1) is 0 Å². The summed E-state index contributed by atoms with van der Waals surface area (Å²) in [5.41, 5.74) is 0.935. The SMILES string of the molecule is C=CCc1cnc2c(C(=O)OCC)c(NC(=O)OC(C)(C)C)oc2c1. The zero-order valence-electron chi connectivity index (χ0n) is 14.8. The van der Waals surface area contributed by atoms with Crippen molar-refractivity contribution in [2.75, 3.05) is 11.9 Å². The minimum atomic E-state index is -0.733. The molecule has 2 heterocycles. The van der Waals surface area contributed by atoms with Crippen LogP contribution >= 0.6 is 0 Å². The maximum atomic E-state index is 12.3. The molecule has 134 valence electrons. The zero-order valence-corrected chi connectivity index (χ0v) is 14.8. The molecule has 25 heavy (non-hydrogen) atoms. The molecule has 0 unspecified atom stereocenters. The molecule has 7 heteroatoms. The normalized spacial score (nSPS) is 11.2. The van der Waals surface area contributed by atoms with Crippen LogP contribution in [0.1, 0.15) is 43.6 Å². The number of carbonyl (C=O) groups excluding carboxylic acids is 2. The van der Waals surface area contributed by atoms with Crippen LogP contribution in [0.5, 0.6) is 0 Å². The van der Waals surface area contributed by atoms with Gasteiger partial charge in [-0.05, 0) is 45.7 Å². The molecule has 1 N–H and O–H groups in total. The van der Waals surface area contributed by atoms with Crippen LogP contribution in [-0.4, -0.2) is 29.3 Å². The van der Waals surface area contributed by atoms with Gasteiger partial charge in [0, 0.05) is 6.20 Å². The van der Waals surface area contributed by atoms with E-state index in [0.29, 0.717) is 17.5 Å². The average Bonchev–Trinajstić information content (AvgIpc) is 2.82. The summed E-state index contributed by atoms with van der Waals surface area (Å²) >= 11 is 0. The number of allylic oxidation sites excluding steroid dienone is 1.